The predicted octanol–water partition coefficient (Wildman–Crippen LogP) is 0.133. The fourth-order valence-corrected chi connectivity index (χ4v) is 3.88. The van der Waals surface area contributed by atoms with Crippen LogP contribution in [0.25, 0.3) is 0 Å². The number of carbonyl (C=O) groups excluding carboxylic acids is 1. The highest BCUT2D eigenvalue weighted by Gasteiger charge is 2.42. The number of likely N-dealkylation sites (N-methyl/N-ethyl adjacent to an activating group) is 1. The molecule has 1 fully saturated rings. The summed E-state index contributed by atoms with van der Waals surface area (Å²) in [5.74, 6) is -2.25. The van der Waals surface area contributed by atoms with Gasteiger partial charge in [-0.25, -0.2) is 13.2 Å². The summed E-state index contributed by atoms with van der Waals surface area (Å²) in [6.07, 6.45) is 0.285. The molecule has 0 radical (unpaired) electrons. The molecule has 18 heavy (non-hydrogen) atoms. The zero-order valence-electron chi connectivity index (χ0n) is 10.8. The zero-order valence-corrected chi connectivity index (χ0v) is 11.7. The Kier molecular flexibility index (Phi) is 4.05. The number of carbonyl (C=O) groups is 2. The van der Waals surface area contributed by atoms with Crippen molar-refractivity contribution in [3.8, 4) is 0 Å². The van der Waals surface area contributed by atoms with Gasteiger partial charge in [0.25, 0.3) is 0 Å². The first kappa shape index (κ1) is 14.9. The molecule has 1 amide bonds. The molecule has 6 nitrogen and oxygen atoms in total. The predicted molar refractivity (Wildman–Crippen MR) is 65.9 cm³/mol. The van der Waals surface area contributed by atoms with Gasteiger partial charge in [-0.15, -0.1) is 0 Å². The first-order chi connectivity index (χ1) is 8.12. The minimum atomic E-state index is -3.14. The van der Waals surface area contributed by atoms with Crippen molar-refractivity contribution in [1.82, 2.24) is 4.90 Å². The zero-order chi connectivity index (χ0) is 14.1. The van der Waals surface area contributed by atoms with Gasteiger partial charge in [0.05, 0.1) is 17.4 Å². The Morgan fingerprint density at radius 2 is 1.94 bits per heavy atom. The third kappa shape index (κ3) is 2.82. The highest BCUT2D eigenvalue weighted by atomic mass is 32.2. The lowest BCUT2D eigenvalue weighted by Crippen LogP contribution is -2.54. The average molecular weight is 277 g/mol. The maximum atomic E-state index is 12.2. The number of hydrogen-bond donors (Lipinski definition) is 1. The van der Waals surface area contributed by atoms with Gasteiger partial charge in [-0.1, -0.05) is 0 Å². The number of nitrogens with zero attached hydrogens (tertiary/aromatic N) is 1. The van der Waals surface area contributed by atoms with E-state index in [4.69, 9.17) is 5.11 Å². The third-order valence-corrected chi connectivity index (χ3v) is 5.13. The number of amides is 1. The Hall–Kier alpha value is -1.11. The first-order valence-electron chi connectivity index (χ1n) is 5.87. The van der Waals surface area contributed by atoms with Crippen LogP contribution in [0.5, 0.6) is 0 Å². The van der Waals surface area contributed by atoms with Gasteiger partial charge in [0.2, 0.25) is 5.91 Å². The Morgan fingerprint density at radius 1 is 1.39 bits per heavy atom. The van der Waals surface area contributed by atoms with E-state index < -0.39 is 27.3 Å². The molecule has 104 valence electrons. The normalized spacial score (nSPS) is 22.7. The lowest BCUT2D eigenvalue weighted by Gasteiger charge is -2.35. The highest BCUT2D eigenvalue weighted by Crippen LogP contribution is 2.24. The van der Waals surface area contributed by atoms with Crippen LogP contribution in [0.3, 0.4) is 0 Å². The minimum absolute atomic E-state index is 0.00839. The van der Waals surface area contributed by atoms with Crippen LogP contribution >= 0.6 is 0 Å². The van der Waals surface area contributed by atoms with Gasteiger partial charge in [-0.05, 0) is 27.2 Å². The van der Waals surface area contributed by atoms with E-state index in [1.54, 1.807) is 6.92 Å². The van der Waals surface area contributed by atoms with E-state index in [-0.39, 0.29) is 30.4 Å². The van der Waals surface area contributed by atoms with Crippen molar-refractivity contribution in [2.75, 3.05) is 18.1 Å². The van der Waals surface area contributed by atoms with E-state index >= 15 is 0 Å². The molecular formula is C11H19NO5S. The Labute approximate surface area is 107 Å². The molecule has 0 bridgehead atoms. The molecule has 1 rings (SSSR count). The molecule has 1 aliphatic heterocycles. The molecular weight excluding hydrogens is 258 g/mol. The van der Waals surface area contributed by atoms with E-state index in [1.165, 1.54) is 18.7 Å². The van der Waals surface area contributed by atoms with E-state index in [0.717, 1.165) is 0 Å². The van der Waals surface area contributed by atoms with Gasteiger partial charge in [0, 0.05) is 6.54 Å². The van der Waals surface area contributed by atoms with Gasteiger partial charge in [0.1, 0.15) is 5.54 Å². The molecule has 0 saturated carbocycles. The summed E-state index contributed by atoms with van der Waals surface area (Å²) < 4.78 is 22.7. The van der Waals surface area contributed by atoms with Gasteiger partial charge in [-0.3, -0.25) is 4.79 Å². The fourth-order valence-electron chi connectivity index (χ4n) is 2.15. The molecule has 0 aromatic rings. The maximum Gasteiger partial charge on any atom is 0.329 e. The Balaban J connectivity index is 2.91. The molecule has 1 N–H and O–H groups in total. The molecule has 1 heterocycles. The fraction of sp³-hybridized carbons (Fsp3) is 0.818. The summed E-state index contributed by atoms with van der Waals surface area (Å²) in [5.41, 5.74) is -1.32. The van der Waals surface area contributed by atoms with E-state index in [0.29, 0.717) is 0 Å². The molecule has 1 saturated heterocycles. The maximum absolute atomic E-state index is 12.2. The van der Waals surface area contributed by atoms with Crippen LogP contribution in [-0.2, 0) is 19.4 Å². The van der Waals surface area contributed by atoms with Gasteiger partial charge in [-0.2, -0.15) is 0 Å². The van der Waals surface area contributed by atoms with Crippen LogP contribution < -0.4 is 0 Å². The first-order valence-corrected chi connectivity index (χ1v) is 7.69. The van der Waals surface area contributed by atoms with Crippen LogP contribution in [-0.4, -0.2) is 53.9 Å². The quantitative estimate of drug-likeness (QED) is 0.788. The molecule has 0 aromatic carbocycles. The number of carboxylic acids is 1. The average Bonchev–Trinajstić information content (AvgIpc) is 2.59. The number of carboxylic acid groups (broad SMARTS) is 1. The minimum Gasteiger partial charge on any atom is -0.480 e. The largest absolute Gasteiger partial charge is 0.480 e. The molecule has 0 spiro atoms. The van der Waals surface area contributed by atoms with E-state index in [9.17, 15) is 18.0 Å². The molecule has 0 aliphatic carbocycles. The van der Waals surface area contributed by atoms with Crippen LogP contribution in [0.2, 0.25) is 0 Å². The SMILES string of the molecule is CCN(C(=O)C1CCS(=O)(=O)C1)C(C)(C)C(=O)O. The molecule has 7 heteroatoms. The van der Waals surface area contributed by atoms with E-state index in [2.05, 4.69) is 0 Å². The lowest BCUT2D eigenvalue weighted by molar-refractivity contribution is -0.158. The third-order valence-electron chi connectivity index (χ3n) is 3.36. The summed E-state index contributed by atoms with van der Waals surface area (Å²) >= 11 is 0. The summed E-state index contributed by atoms with van der Waals surface area (Å²) in [5, 5.41) is 9.13. The topological polar surface area (TPSA) is 91.8 Å². The summed E-state index contributed by atoms with van der Waals surface area (Å²) in [6, 6.07) is 0. The summed E-state index contributed by atoms with van der Waals surface area (Å²) in [6.45, 7) is 4.82. The van der Waals surface area contributed by atoms with Crippen LogP contribution in [0.15, 0.2) is 0 Å². The van der Waals surface area contributed by atoms with Crippen LogP contribution in [0.4, 0.5) is 0 Å². The molecule has 0 aromatic heterocycles. The number of sulfone groups is 1. The van der Waals surface area contributed by atoms with Crippen molar-refractivity contribution in [2.24, 2.45) is 5.92 Å². The van der Waals surface area contributed by atoms with Crippen molar-refractivity contribution in [2.45, 2.75) is 32.7 Å². The van der Waals surface area contributed by atoms with E-state index in [1.807, 2.05) is 0 Å². The molecule has 1 atom stereocenters. The molecule has 1 aliphatic rings. The standard InChI is InChI=1S/C11H19NO5S/c1-4-12(11(2,3)10(14)15)9(13)8-5-6-18(16,17)7-8/h8H,4-7H2,1-3H3,(H,14,15). The smallest absolute Gasteiger partial charge is 0.329 e. The van der Waals surface area contributed by atoms with Gasteiger partial charge >= 0.3 is 5.97 Å². The van der Waals surface area contributed by atoms with Crippen molar-refractivity contribution in [3.63, 3.8) is 0 Å². The number of rotatable bonds is 4. The van der Waals surface area contributed by atoms with Crippen LogP contribution in [0.1, 0.15) is 27.2 Å². The second-order valence-corrected chi connectivity index (χ2v) is 7.28. The second-order valence-electron chi connectivity index (χ2n) is 5.05. The van der Waals surface area contributed by atoms with Crippen molar-refractivity contribution in [1.29, 1.82) is 0 Å². The van der Waals surface area contributed by atoms with Gasteiger partial charge < -0.3 is 10.0 Å². The highest BCUT2D eigenvalue weighted by molar-refractivity contribution is 7.91. The number of hydrogen-bond acceptors (Lipinski definition) is 4. The van der Waals surface area contributed by atoms with Crippen LogP contribution in [0, 0.1) is 5.92 Å². The van der Waals surface area contributed by atoms with Crippen molar-refractivity contribution < 1.29 is 23.1 Å². The lowest BCUT2D eigenvalue weighted by atomic mass is 9.99. The Bertz CT molecular complexity index is 454. The van der Waals surface area contributed by atoms with Crippen molar-refractivity contribution >= 4 is 21.7 Å². The monoisotopic (exact) mass is 277 g/mol. The summed E-state index contributed by atoms with van der Waals surface area (Å²) in [7, 11) is -3.14. The summed E-state index contributed by atoms with van der Waals surface area (Å²) in [4.78, 5) is 24.6. The second kappa shape index (κ2) is 4.87. The molecule has 1 unspecified atom stereocenters. The Morgan fingerprint density at radius 3 is 2.28 bits per heavy atom. The number of aliphatic carboxylic acids is 1. The van der Waals surface area contributed by atoms with Crippen molar-refractivity contribution in [3.05, 3.63) is 0 Å². The van der Waals surface area contributed by atoms with Gasteiger partial charge in [0.15, 0.2) is 9.84 Å².